The minimum Gasteiger partial charge on any atom is -0.504 e. The number of aliphatic hydroxyl groups is 1. The van der Waals surface area contributed by atoms with Gasteiger partial charge in [0, 0.05) is 22.8 Å². The van der Waals surface area contributed by atoms with Crippen molar-refractivity contribution in [2.24, 2.45) is 0 Å². The van der Waals surface area contributed by atoms with E-state index in [4.69, 9.17) is 20.5 Å². The van der Waals surface area contributed by atoms with Gasteiger partial charge >= 0.3 is 0 Å². The molecule has 0 spiro atoms. The number of carbonyl (C=O) groups excluding carboxylic acids is 1. The lowest BCUT2D eigenvalue weighted by Gasteiger charge is -2.09. The Balaban J connectivity index is 1.60. The van der Waals surface area contributed by atoms with Crippen molar-refractivity contribution in [1.82, 2.24) is 5.16 Å². The number of halogens is 1. The van der Waals surface area contributed by atoms with Crippen LogP contribution >= 0.6 is 11.6 Å². The molecule has 1 amide bonds. The van der Waals surface area contributed by atoms with E-state index in [2.05, 4.69) is 10.5 Å². The van der Waals surface area contributed by atoms with Crippen molar-refractivity contribution in [1.29, 1.82) is 0 Å². The van der Waals surface area contributed by atoms with Gasteiger partial charge in [0.25, 0.3) is 5.91 Å². The van der Waals surface area contributed by atoms with Crippen molar-refractivity contribution in [3.8, 4) is 22.5 Å². The highest BCUT2D eigenvalue weighted by molar-refractivity contribution is 6.38. The second-order valence-electron chi connectivity index (χ2n) is 6.94. The van der Waals surface area contributed by atoms with Crippen LogP contribution in [0.5, 0.6) is 0 Å². The summed E-state index contributed by atoms with van der Waals surface area (Å²) in [5.74, 6) is 0.199. The first-order chi connectivity index (χ1) is 14.5. The van der Waals surface area contributed by atoms with Gasteiger partial charge in [0.2, 0.25) is 5.76 Å². The van der Waals surface area contributed by atoms with Gasteiger partial charge in [-0.15, -0.1) is 0 Å². The summed E-state index contributed by atoms with van der Waals surface area (Å²) in [4.78, 5) is 12.5. The number of fused-ring (bicyclic) bond motifs is 1. The maximum atomic E-state index is 12.5. The second-order valence-corrected chi connectivity index (χ2v) is 7.35. The number of nitrogens with zero attached hydrogens (tertiary/aromatic N) is 1. The second kappa shape index (κ2) is 6.93. The molecule has 5 rings (SSSR count). The van der Waals surface area contributed by atoms with Crippen LogP contribution in [-0.2, 0) is 4.79 Å². The fourth-order valence-electron chi connectivity index (χ4n) is 3.50. The number of aryl methyl sites for hydroxylation is 1. The molecule has 2 N–H and O–H groups in total. The number of carbonyl (C=O) groups is 1. The number of amides is 1. The fraction of sp³-hybridized carbons (Fsp3) is 0.0435. The molecule has 148 valence electrons. The Morgan fingerprint density at radius 2 is 1.83 bits per heavy atom. The van der Waals surface area contributed by atoms with E-state index in [0.29, 0.717) is 22.0 Å². The zero-order valence-corrected chi connectivity index (χ0v) is 16.5. The van der Waals surface area contributed by atoms with Crippen LogP contribution in [0.15, 0.2) is 69.8 Å². The standard InChI is InChI=1S/C23H15ClN2O4/c1-12-9-20(30-26-12)22(27)21-16-10-15(17(24)11-18(16)25-23(21)28)13-4-6-14(7-5-13)19-3-2-8-29-19/h2-11,27H,1H3,(H,25,28). The minimum atomic E-state index is -0.432. The Bertz CT molecular complexity index is 1300. The predicted molar refractivity (Wildman–Crippen MR) is 114 cm³/mol. The molecule has 6 nitrogen and oxygen atoms in total. The van der Waals surface area contributed by atoms with Crippen molar-refractivity contribution in [2.75, 3.05) is 5.32 Å². The number of hydrogen-bond donors (Lipinski definition) is 2. The summed E-state index contributed by atoms with van der Waals surface area (Å²) >= 11 is 6.50. The van der Waals surface area contributed by atoms with Crippen molar-refractivity contribution in [3.63, 3.8) is 0 Å². The highest BCUT2D eigenvalue weighted by Crippen LogP contribution is 2.42. The van der Waals surface area contributed by atoms with Gasteiger partial charge < -0.3 is 19.4 Å². The molecule has 0 bridgehead atoms. The third-order valence-corrected chi connectivity index (χ3v) is 5.26. The molecule has 0 saturated heterocycles. The van der Waals surface area contributed by atoms with Crippen molar-refractivity contribution < 1.29 is 18.8 Å². The van der Waals surface area contributed by atoms with Gasteiger partial charge in [-0.3, -0.25) is 4.79 Å². The van der Waals surface area contributed by atoms with Crippen LogP contribution in [0.1, 0.15) is 17.0 Å². The van der Waals surface area contributed by atoms with E-state index < -0.39 is 5.91 Å². The lowest BCUT2D eigenvalue weighted by atomic mass is 9.97. The Hall–Kier alpha value is -3.77. The van der Waals surface area contributed by atoms with Crippen molar-refractivity contribution in [3.05, 3.63) is 82.9 Å². The zero-order chi connectivity index (χ0) is 20.8. The summed E-state index contributed by atoms with van der Waals surface area (Å²) in [6, 6.07) is 16.5. The number of anilines is 1. The summed E-state index contributed by atoms with van der Waals surface area (Å²) in [6.07, 6.45) is 1.63. The smallest absolute Gasteiger partial charge is 0.260 e. The molecule has 7 heteroatoms. The van der Waals surface area contributed by atoms with Gasteiger partial charge in [-0.1, -0.05) is 41.0 Å². The minimum absolute atomic E-state index is 0.117. The Kier molecular flexibility index (Phi) is 4.22. The summed E-state index contributed by atoms with van der Waals surface area (Å²) < 4.78 is 10.5. The summed E-state index contributed by atoms with van der Waals surface area (Å²) in [7, 11) is 0. The molecular formula is C23H15ClN2O4. The molecule has 0 unspecified atom stereocenters. The van der Waals surface area contributed by atoms with E-state index in [9.17, 15) is 9.90 Å². The lowest BCUT2D eigenvalue weighted by molar-refractivity contribution is -0.110. The Morgan fingerprint density at radius 3 is 2.50 bits per heavy atom. The molecule has 1 aliphatic heterocycles. The molecule has 0 radical (unpaired) electrons. The van der Waals surface area contributed by atoms with Crippen molar-refractivity contribution in [2.45, 2.75) is 6.92 Å². The first-order valence-corrected chi connectivity index (χ1v) is 9.55. The number of nitrogens with one attached hydrogen (secondary N) is 1. The Labute approximate surface area is 176 Å². The van der Waals surface area contributed by atoms with E-state index in [0.717, 1.165) is 22.5 Å². The number of aromatic nitrogens is 1. The van der Waals surface area contributed by atoms with Gasteiger partial charge in [0.1, 0.15) is 5.76 Å². The first kappa shape index (κ1) is 18.3. The van der Waals surface area contributed by atoms with Crippen LogP contribution in [-0.4, -0.2) is 16.2 Å². The predicted octanol–water partition coefficient (Wildman–Crippen LogP) is 5.94. The monoisotopic (exact) mass is 418 g/mol. The van der Waals surface area contributed by atoms with Crippen LogP contribution in [0.25, 0.3) is 33.8 Å². The average Bonchev–Trinajstić information content (AvgIpc) is 3.47. The van der Waals surface area contributed by atoms with E-state index >= 15 is 0 Å². The van der Waals surface area contributed by atoms with E-state index in [1.807, 2.05) is 36.4 Å². The fourth-order valence-corrected chi connectivity index (χ4v) is 3.77. The van der Waals surface area contributed by atoms with Crippen LogP contribution < -0.4 is 5.32 Å². The summed E-state index contributed by atoms with van der Waals surface area (Å²) in [6.45, 7) is 1.73. The molecule has 0 saturated carbocycles. The highest BCUT2D eigenvalue weighted by atomic mass is 35.5. The first-order valence-electron chi connectivity index (χ1n) is 9.18. The molecule has 2 aromatic carbocycles. The molecule has 1 aliphatic rings. The van der Waals surface area contributed by atoms with Gasteiger partial charge in [-0.05, 0) is 36.8 Å². The van der Waals surface area contributed by atoms with Crippen LogP contribution in [0.4, 0.5) is 5.69 Å². The van der Waals surface area contributed by atoms with E-state index in [1.165, 1.54) is 0 Å². The maximum Gasteiger partial charge on any atom is 0.260 e. The summed E-state index contributed by atoms with van der Waals surface area (Å²) in [5.41, 5.74) is 4.33. The van der Waals surface area contributed by atoms with Gasteiger partial charge in [-0.25, -0.2) is 0 Å². The molecule has 0 aliphatic carbocycles. The van der Waals surface area contributed by atoms with Gasteiger partial charge in [-0.2, -0.15) is 0 Å². The molecule has 3 heterocycles. The molecule has 0 atom stereocenters. The van der Waals surface area contributed by atoms with Crippen LogP contribution in [0, 0.1) is 6.92 Å². The average molecular weight is 419 g/mol. The van der Waals surface area contributed by atoms with Gasteiger partial charge in [0.05, 0.1) is 28.2 Å². The topological polar surface area (TPSA) is 88.5 Å². The zero-order valence-electron chi connectivity index (χ0n) is 15.8. The number of hydrogen-bond acceptors (Lipinski definition) is 5. The number of aliphatic hydroxyl groups excluding tert-OH is 1. The normalized spacial score (nSPS) is 14.5. The quantitative estimate of drug-likeness (QED) is 0.317. The third-order valence-electron chi connectivity index (χ3n) is 4.95. The van der Waals surface area contributed by atoms with E-state index in [1.54, 1.807) is 31.4 Å². The van der Waals surface area contributed by atoms with Crippen LogP contribution in [0.2, 0.25) is 5.02 Å². The molecule has 4 aromatic rings. The SMILES string of the molecule is Cc1cc(C(O)=C2C(=O)Nc3cc(Cl)c(-c4ccc(-c5ccco5)cc4)cc32)on1. The molecule has 2 aromatic heterocycles. The maximum absolute atomic E-state index is 12.5. The third kappa shape index (κ3) is 2.98. The highest BCUT2D eigenvalue weighted by Gasteiger charge is 2.31. The number of benzene rings is 2. The van der Waals surface area contributed by atoms with Crippen LogP contribution in [0.3, 0.4) is 0 Å². The molecule has 30 heavy (non-hydrogen) atoms. The van der Waals surface area contributed by atoms with Gasteiger partial charge in [0.15, 0.2) is 5.76 Å². The van der Waals surface area contributed by atoms with E-state index in [-0.39, 0.29) is 17.1 Å². The van der Waals surface area contributed by atoms with Crippen molar-refractivity contribution >= 4 is 34.5 Å². The largest absolute Gasteiger partial charge is 0.504 e. The lowest BCUT2D eigenvalue weighted by Crippen LogP contribution is -2.05. The number of furan rings is 1. The Morgan fingerprint density at radius 1 is 1.07 bits per heavy atom. The molecular weight excluding hydrogens is 404 g/mol. The number of rotatable bonds is 3. The molecule has 0 fully saturated rings. The summed E-state index contributed by atoms with van der Waals surface area (Å²) in [5, 5.41) is 17.7.